The highest BCUT2D eigenvalue weighted by Gasteiger charge is 2.21. The third-order valence-corrected chi connectivity index (χ3v) is 3.56. The number of rotatable bonds is 3. The molecule has 1 N–H and O–H groups in total. The minimum atomic E-state index is -0.309. The number of pyridine rings is 1. The average Bonchev–Trinajstić information content (AvgIpc) is 2.89. The van der Waals surface area contributed by atoms with Gasteiger partial charge in [-0.2, -0.15) is 5.10 Å². The van der Waals surface area contributed by atoms with Crippen molar-refractivity contribution in [3.63, 3.8) is 0 Å². The zero-order valence-corrected chi connectivity index (χ0v) is 11.5. The number of piperidine rings is 1. The van der Waals surface area contributed by atoms with Crippen molar-refractivity contribution in [3.05, 3.63) is 36.5 Å². The van der Waals surface area contributed by atoms with Crippen LogP contribution in [0, 0.1) is 5.82 Å². The number of anilines is 2. The van der Waals surface area contributed by atoms with Gasteiger partial charge in [-0.15, -0.1) is 0 Å². The van der Waals surface area contributed by atoms with Gasteiger partial charge >= 0.3 is 0 Å². The maximum absolute atomic E-state index is 12.8. The predicted molar refractivity (Wildman–Crippen MR) is 76.3 cm³/mol. The Bertz CT molecular complexity index is 565. The number of hydrogen-bond donors (Lipinski definition) is 1. The standard InChI is InChI=1S/C14H18FN5/c1-19-10-13(8-17-19)20-6-2-3-12(9-20)18-14-5-4-11(15)7-16-14/h4-5,7-8,10,12H,2-3,6,9H2,1H3,(H,16,18). The molecule has 0 aromatic carbocycles. The molecule has 1 fully saturated rings. The van der Waals surface area contributed by atoms with E-state index in [1.807, 2.05) is 24.1 Å². The van der Waals surface area contributed by atoms with E-state index in [9.17, 15) is 4.39 Å². The SMILES string of the molecule is Cn1cc(N2CCCC(Nc3ccc(F)cn3)C2)cn1. The van der Waals surface area contributed by atoms with E-state index in [1.165, 1.54) is 12.3 Å². The topological polar surface area (TPSA) is 46.0 Å². The van der Waals surface area contributed by atoms with Crippen molar-refractivity contribution >= 4 is 11.5 Å². The fraction of sp³-hybridized carbons (Fsp3) is 0.429. The van der Waals surface area contributed by atoms with Crippen LogP contribution in [0.4, 0.5) is 15.9 Å². The summed E-state index contributed by atoms with van der Waals surface area (Å²) < 4.78 is 14.7. The second-order valence-electron chi connectivity index (χ2n) is 5.16. The molecule has 1 aliphatic rings. The van der Waals surface area contributed by atoms with Crippen LogP contribution in [0.1, 0.15) is 12.8 Å². The van der Waals surface area contributed by atoms with Crippen LogP contribution in [-0.4, -0.2) is 33.9 Å². The molecule has 6 heteroatoms. The number of hydrogen-bond acceptors (Lipinski definition) is 4. The lowest BCUT2D eigenvalue weighted by atomic mass is 10.1. The minimum absolute atomic E-state index is 0.309. The van der Waals surface area contributed by atoms with Gasteiger partial charge in [-0.3, -0.25) is 4.68 Å². The number of nitrogens with one attached hydrogen (secondary N) is 1. The van der Waals surface area contributed by atoms with Gasteiger partial charge in [-0.05, 0) is 25.0 Å². The minimum Gasteiger partial charge on any atom is -0.367 e. The maximum atomic E-state index is 12.8. The molecular formula is C14H18FN5. The van der Waals surface area contributed by atoms with Gasteiger partial charge in [-0.25, -0.2) is 9.37 Å². The van der Waals surface area contributed by atoms with Crippen molar-refractivity contribution in [1.29, 1.82) is 0 Å². The number of aryl methyl sites for hydroxylation is 1. The third-order valence-electron chi connectivity index (χ3n) is 3.56. The van der Waals surface area contributed by atoms with Crippen LogP contribution < -0.4 is 10.2 Å². The second kappa shape index (κ2) is 5.48. The van der Waals surface area contributed by atoms with Gasteiger partial charge in [0.2, 0.25) is 0 Å². The summed E-state index contributed by atoms with van der Waals surface area (Å²) in [5.41, 5.74) is 1.14. The number of halogens is 1. The Hall–Kier alpha value is -2.11. The largest absolute Gasteiger partial charge is 0.367 e. The first-order chi connectivity index (χ1) is 9.70. The van der Waals surface area contributed by atoms with Gasteiger partial charge in [0.1, 0.15) is 11.6 Å². The van der Waals surface area contributed by atoms with Crippen molar-refractivity contribution in [3.8, 4) is 0 Å². The van der Waals surface area contributed by atoms with E-state index in [-0.39, 0.29) is 5.82 Å². The molecule has 2 aromatic heterocycles. The molecule has 1 unspecified atom stereocenters. The summed E-state index contributed by atoms with van der Waals surface area (Å²) in [6.45, 7) is 1.95. The molecule has 106 valence electrons. The molecule has 3 rings (SSSR count). The van der Waals surface area contributed by atoms with Crippen LogP contribution in [0.15, 0.2) is 30.7 Å². The summed E-state index contributed by atoms with van der Waals surface area (Å²) in [5, 5.41) is 7.58. The van der Waals surface area contributed by atoms with Crippen LogP contribution in [-0.2, 0) is 7.05 Å². The molecule has 3 heterocycles. The van der Waals surface area contributed by atoms with E-state index >= 15 is 0 Å². The molecule has 2 aromatic rings. The molecule has 5 nitrogen and oxygen atoms in total. The van der Waals surface area contributed by atoms with Gasteiger partial charge < -0.3 is 10.2 Å². The predicted octanol–water partition coefficient (Wildman–Crippen LogP) is 2.04. The highest BCUT2D eigenvalue weighted by molar-refractivity contribution is 5.44. The molecule has 0 amide bonds. The summed E-state index contributed by atoms with van der Waals surface area (Å²) >= 11 is 0. The summed E-state index contributed by atoms with van der Waals surface area (Å²) in [4.78, 5) is 6.37. The zero-order chi connectivity index (χ0) is 13.9. The van der Waals surface area contributed by atoms with Gasteiger partial charge in [-0.1, -0.05) is 0 Å². The third kappa shape index (κ3) is 2.89. The van der Waals surface area contributed by atoms with Crippen LogP contribution in [0.2, 0.25) is 0 Å². The van der Waals surface area contributed by atoms with Crippen LogP contribution in [0.3, 0.4) is 0 Å². The zero-order valence-electron chi connectivity index (χ0n) is 11.5. The lowest BCUT2D eigenvalue weighted by Gasteiger charge is -2.34. The van der Waals surface area contributed by atoms with E-state index in [4.69, 9.17) is 0 Å². The van der Waals surface area contributed by atoms with Gasteiger partial charge in [0, 0.05) is 32.4 Å². The molecule has 1 saturated heterocycles. The molecule has 0 spiro atoms. The number of aromatic nitrogens is 3. The Kier molecular flexibility index (Phi) is 3.54. The molecule has 1 atom stereocenters. The normalized spacial score (nSPS) is 19.1. The summed E-state index contributed by atoms with van der Waals surface area (Å²) in [6, 6.07) is 3.43. The fourth-order valence-corrected chi connectivity index (χ4v) is 2.57. The van der Waals surface area contributed by atoms with E-state index in [0.29, 0.717) is 6.04 Å². The summed E-state index contributed by atoms with van der Waals surface area (Å²) in [7, 11) is 1.92. The van der Waals surface area contributed by atoms with Crippen molar-refractivity contribution in [2.75, 3.05) is 23.3 Å². The van der Waals surface area contributed by atoms with Gasteiger partial charge in [0.15, 0.2) is 0 Å². The first kappa shape index (κ1) is 12.9. The number of nitrogens with zero attached hydrogens (tertiary/aromatic N) is 4. The first-order valence-electron chi connectivity index (χ1n) is 6.82. The van der Waals surface area contributed by atoms with Crippen LogP contribution in [0.25, 0.3) is 0 Å². The Morgan fingerprint density at radius 1 is 1.35 bits per heavy atom. The van der Waals surface area contributed by atoms with E-state index < -0.39 is 0 Å². The lowest BCUT2D eigenvalue weighted by molar-refractivity contribution is 0.528. The maximum Gasteiger partial charge on any atom is 0.141 e. The van der Waals surface area contributed by atoms with E-state index in [0.717, 1.165) is 37.4 Å². The molecule has 1 aliphatic heterocycles. The Morgan fingerprint density at radius 2 is 2.25 bits per heavy atom. The Morgan fingerprint density at radius 3 is 2.95 bits per heavy atom. The average molecular weight is 275 g/mol. The van der Waals surface area contributed by atoms with Crippen molar-refractivity contribution in [2.45, 2.75) is 18.9 Å². The monoisotopic (exact) mass is 275 g/mol. The van der Waals surface area contributed by atoms with E-state index in [2.05, 4.69) is 20.3 Å². The van der Waals surface area contributed by atoms with Crippen molar-refractivity contribution in [2.24, 2.45) is 7.05 Å². The van der Waals surface area contributed by atoms with Gasteiger partial charge in [0.25, 0.3) is 0 Å². The quantitative estimate of drug-likeness (QED) is 0.931. The molecule has 0 radical (unpaired) electrons. The Balaban J connectivity index is 1.64. The molecule has 0 bridgehead atoms. The van der Waals surface area contributed by atoms with Crippen LogP contribution >= 0.6 is 0 Å². The van der Waals surface area contributed by atoms with Crippen molar-refractivity contribution < 1.29 is 4.39 Å². The summed E-state index contributed by atoms with van der Waals surface area (Å²) in [5.74, 6) is 0.417. The van der Waals surface area contributed by atoms with Gasteiger partial charge in [0.05, 0.1) is 18.1 Å². The highest BCUT2D eigenvalue weighted by atomic mass is 19.1. The molecule has 0 aliphatic carbocycles. The molecule has 20 heavy (non-hydrogen) atoms. The van der Waals surface area contributed by atoms with Crippen LogP contribution in [0.5, 0.6) is 0 Å². The lowest BCUT2D eigenvalue weighted by Crippen LogP contribution is -2.42. The Labute approximate surface area is 117 Å². The highest BCUT2D eigenvalue weighted by Crippen LogP contribution is 2.20. The first-order valence-corrected chi connectivity index (χ1v) is 6.82. The fourth-order valence-electron chi connectivity index (χ4n) is 2.57. The molecule has 0 saturated carbocycles. The molecular weight excluding hydrogens is 257 g/mol. The second-order valence-corrected chi connectivity index (χ2v) is 5.16. The van der Waals surface area contributed by atoms with E-state index in [1.54, 1.807) is 6.07 Å². The summed E-state index contributed by atoms with van der Waals surface area (Å²) in [6.07, 6.45) is 7.37. The smallest absolute Gasteiger partial charge is 0.141 e. The van der Waals surface area contributed by atoms with Crippen molar-refractivity contribution in [1.82, 2.24) is 14.8 Å².